The zero-order chi connectivity index (χ0) is 11.0. The molecule has 3 atom stereocenters. The van der Waals surface area contributed by atoms with E-state index in [1.165, 1.54) is 6.39 Å². The summed E-state index contributed by atoms with van der Waals surface area (Å²) in [5.74, 6) is -0.153. The molecule has 2 saturated heterocycles. The Morgan fingerprint density at radius 2 is 2.25 bits per heavy atom. The summed E-state index contributed by atoms with van der Waals surface area (Å²) in [4.78, 5) is 11.9. The minimum absolute atomic E-state index is 0.0710. The van der Waals surface area contributed by atoms with E-state index < -0.39 is 0 Å². The van der Waals surface area contributed by atoms with Crippen LogP contribution in [0.25, 0.3) is 0 Å². The Bertz CT molecular complexity index is 379. The number of hydrogen-bond donors (Lipinski definition) is 1. The fraction of sp³-hybridized carbons (Fsp3) is 0.700. The van der Waals surface area contributed by atoms with Gasteiger partial charge >= 0.3 is 6.01 Å². The van der Waals surface area contributed by atoms with Gasteiger partial charge < -0.3 is 9.15 Å². The van der Waals surface area contributed by atoms with Gasteiger partial charge in [0, 0.05) is 0 Å². The molecule has 2 aliphatic heterocycles. The molecule has 6 heteroatoms. The lowest BCUT2D eigenvalue weighted by atomic mass is 9.94. The van der Waals surface area contributed by atoms with Crippen LogP contribution in [-0.2, 0) is 9.53 Å². The number of amides is 1. The first-order valence-electron chi connectivity index (χ1n) is 5.55. The average molecular weight is 223 g/mol. The van der Waals surface area contributed by atoms with E-state index in [4.69, 9.17) is 9.15 Å². The van der Waals surface area contributed by atoms with Gasteiger partial charge in [-0.2, -0.15) is 0 Å². The van der Waals surface area contributed by atoms with Gasteiger partial charge in [-0.1, -0.05) is 5.10 Å². The highest BCUT2D eigenvalue weighted by molar-refractivity contribution is 5.91. The summed E-state index contributed by atoms with van der Waals surface area (Å²) in [5, 5.41) is 9.74. The van der Waals surface area contributed by atoms with Crippen molar-refractivity contribution >= 4 is 11.9 Å². The van der Waals surface area contributed by atoms with E-state index in [1.54, 1.807) is 0 Å². The van der Waals surface area contributed by atoms with E-state index in [2.05, 4.69) is 15.5 Å². The van der Waals surface area contributed by atoms with E-state index in [9.17, 15) is 4.79 Å². The van der Waals surface area contributed by atoms with E-state index in [0.717, 1.165) is 25.7 Å². The Morgan fingerprint density at radius 1 is 1.38 bits per heavy atom. The fourth-order valence-corrected chi connectivity index (χ4v) is 2.52. The maximum Gasteiger partial charge on any atom is 0.322 e. The molecule has 0 spiro atoms. The van der Waals surface area contributed by atoms with Gasteiger partial charge in [-0.15, -0.1) is 5.10 Å². The molecule has 6 nitrogen and oxygen atoms in total. The van der Waals surface area contributed by atoms with Crippen LogP contribution in [-0.4, -0.2) is 28.3 Å². The number of carbonyl (C=O) groups excluding carboxylic acids is 1. The first-order chi connectivity index (χ1) is 7.83. The second-order valence-corrected chi connectivity index (χ2v) is 4.29. The highest BCUT2D eigenvalue weighted by Gasteiger charge is 2.40. The number of nitrogens with one attached hydrogen (secondary N) is 1. The van der Waals surface area contributed by atoms with Crippen molar-refractivity contribution in [1.82, 2.24) is 10.2 Å². The number of anilines is 1. The van der Waals surface area contributed by atoms with E-state index in [-0.39, 0.29) is 23.9 Å². The van der Waals surface area contributed by atoms with E-state index in [0.29, 0.717) is 6.10 Å². The summed E-state index contributed by atoms with van der Waals surface area (Å²) in [6, 6.07) is 0.158. The number of hydrogen-bond acceptors (Lipinski definition) is 5. The minimum Gasteiger partial charge on any atom is -0.411 e. The second-order valence-electron chi connectivity index (χ2n) is 4.29. The van der Waals surface area contributed by atoms with Gasteiger partial charge in [-0.05, 0) is 25.7 Å². The van der Waals surface area contributed by atoms with Gasteiger partial charge in [0.15, 0.2) is 0 Å². The molecule has 0 aromatic carbocycles. The minimum atomic E-state index is -0.0781. The predicted octanol–water partition coefficient (Wildman–Crippen LogP) is 0.966. The van der Waals surface area contributed by atoms with E-state index in [1.807, 2.05) is 0 Å². The zero-order valence-corrected chi connectivity index (χ0v) is 8.76. The number of fused-ring (bicyclic) bond motifs is 2. The molecule has 1 N–H and O–H groups in total. The first-order valence-corrected chi connectivity index (χ1v) is 5.55. The largest absolute Gasteiger partial charge is 0.411 e. The topological polar surface area (TPSA) is 77.3 Å². The summed E-state index contributed by atoms with van der Waals surface area (Å²) >= 11 is 0. The molecule has 0 aliphatic carbocycles. The number of ether oxygens (including phenoxy) is 1. The van der Waals surface area contributed by atoms with Crippen LogP contribution in [0.15, 0.2) is 10.8 Å². The molecule has 1 aromatic heterocycles. The molecule has 0 saturated carbocycles. The Hall–Kier alpha value is -1.43. The van der Waals surface area contributed by atoms with Crippen molar-refractivity contribution in [3.63, 3.8) is 0 Å². The summed E-state index contributed by atoms with van der Waals surface area (Å²) in [5.41, 5.74) is 0. The van der Waals surface area contributed by atoms with Crippen LogP contribution in [0.1, 0.15) is 25.7 Å². The normalized spacial score (nSPS) is 32.6. The standard InChI is InChI=1S/C10H13N3O3/c14-9(12-10-13-11-5-15-10)7-3-1-6-2-4-8(7)16-6/h5-8H,1-4H2,(H,12,13,14)/t6-,7+,8+/m0/s1. The van der Waals surface area contributed by atoms with Crippen LogP contribution >= 0.6 is 0 Å². The third kappa shape index (κ3) is 1.69. The van der Waals surface area contributed by atoms with Crippen molar-refractivity contribution in [3.8, 4) is 0 Å². The SMILES string of the molecule is O=C(Nc1nnco1)[C@@H]1CC[C@H]2CC[C@H]1O2. The van der Waals surface area contributed by atoms with Crippen LogP contribution in [0, 0.1) is 5.92 Å². The Kier molecular flexibility index (Phi) is 2.36. The van der Waals surface area contributed by atoms with Crippen molar-refractivity contribution in [2.75, 3.05) is 5.32 Å². The van der Waals surface area contributed by atoms with Gasteiger partial charge in [0.05, 0.1) is 18.1 Å². The van der Waals surface area contributed by atoms with Gasteiger partial charge in [-0.3, -0.25) is 10.1 Å². The van der Waals surface area contributed by atoms with Crippen molar-refractivity contribution in [3.05, 3.63) is 6.39 Å². The van der Waals surface area contributed by atoms with Crippen LogP contribution in [0.3, 0.4) is 0 Å². The van der Waals surface area contributed by atoms with Crippen molar-refractivity contribution in [2.45, 2.75) is 37.9 Å². The average Bonchev–Trinajstić information content (AvgIpc) is 2.90. The molecular formula is C10H13N3O3. The smallest absolute Gasteiger partial charge is 0.322 e. The zero-order valence-electron chi connectivity index (χ0n) is 8.76. The molecule has 2 bridgehead atoms. The number of rotatable bonds is 2. The van der Waals surface area contributed by atoms with Gasteiger partial charge in [0.2, 0.25) is 12.3 Å². The number of aromatic nitrogens is 2. The lowest BCUT2D eigenvalue weighted by Gasteiger charge is -2.27. The van der Waals surface area contributed by atoms with Crippen molar-refractivity contribution < 1.29 is 13.9 Å². The van der Waals surface area contributed by atoms with Crippen molar-refractivity contribution in [2.24, 2.45) is 5.92 Å². The number of carbonyl (C=O) groups is 1. The van der Waals surface area contributed by atoms with E-state index >= 15 is 0 Å². The lowest BCUT2D eigenvalue weighted by molar-refractivity contribution is -0.128. The quantitative estimate of drug-likeness (QED) is 0.808. The Labute approximate surface area is 92.4 Å². The van der Waals surface area contributed by atoms with Crippen LogP contribution in [0.2, 0.25) is 0 Å². The third-order valence-electron chi connectivity index (χ3n) is 3.32. The molecule has 2 fully saturated rings. The van der Waals surface area contributed by atoms with Gasteiger partial charge in [0.25, 0.3) is 0 Å². The fourth-order valence-electron chi connectivity index (χ4n) is 2.52. The van der Waals surface area contributed by atoms with Crippen LogP contribution in [0.4, 0.5) is 6.01 Å². The van der Waals surface area contributed by atoms with Gasteiger partial charge in [0.1, 0.15) is 0 Å². The molecular weight excluding hydrogens is 210 g/mol. The predicted molar refractivity (Wildman–Crippen MR) is 53.5 cm³/mol. The summed E-state index contributed by atoms with van der Waals surface area (Å²) in [6.07, 6.45) is 5.55. The molecule has 2 aliphatic rings. The summed E-state index contributed by atoms with van der Waals surface area (Å²) in [7, 11) is 0. The molecule has 0 radical (unpaired) electrons. The highest BCUT2D eigenvalue weighted by atomic mass is 16.5. The Balaban J connectivity index is 1.66. The molecule has 1 aromatic rings. The summed E-state index contributed by atoms with van der Waals surface area (Å²) in [6.45, 7) is 0. The van der Waals surface area contributed by atoms with Crippen LogP contribution in [0.5, 0.6) is 0 Å². The monoisotopic (exact) mass is 223 g/mol. The maximum atomic E-state index is 11.9. The lowest BCUT2D eigenvalue weighted by Crippen LogP contribution is -2.36. The van der Waals surface area contributed by atoms with Crippen molar-refractivity contribution in [1.29, 1.82) is 0 Å². The highest BCUT2D eigenvalue weighted by Crippen LogP contribution is 2.36. The third-order valence-corrected chi connectivity index (χ3v) is 3.32. The molecule has 86 valence electrons. The van der Waals surface area contributed by atoms with Gasteiger partial charge in [-0.25, -0.2) is 0 Å². The molecule has 0 unspecified atom stereocenters. The number of nitrogens with zero attached hydrogens (tertiary/aromatic N) is 2. The van der Waals surface area contributed by atoms with Crippen LogP contribution < -0.4 is 5.32 Å². The molecule has 3 rings (SSSR count). The maximum absolute atomic E-state index is 11.9. The molecule has 3 heterocycles. The second kappa shape index (κ2) is 3.86. The summed E-state index contributed by atoms with van der Waals surface area (Å²) < 4.78 is 10.6. The molecule has 1 amide bonds. The first kappa shape index (κ1) is 9.77. The molecule has 16 heavy (non-hydrogen) atoms. The Morgan fingerprint density at radius 3 is 3.06 bits per heavy atom.